The standard InChI is InChI=1S/C17H19F3N6/c1-21-11-13(26-10-7-22-14(12-26)17(18,19)20)16-23-6-5-15(24-16)25-8-3-2-4-9-25/h5-7,11-12H,1-4,8-10H2/b13-11-. The van der Waals surface area contributed by atoms with Crippen LogP contribution in [0, 0.1) is 0 Å². The average Bonchev–Trinajstić information content (AvgIpc) is 2.66. The second-order valence-corrected chi connectivity index (χ2v) is 5.96. The predicted molar refractivity (Wildman–Crippen MR) is 95.0 cm³/mol. The van der Waals surface area contributed by atoms with Gasteiger partial charge in [0.2, 0.25) is 0 Å². The number of piperidine rings is 1. The number of hydrogen-bond donors (Lipinski definition) is 0. The Hall–Kier alpha value is -2.71. The Balaban J connectivity index is 1.91. The van der Waals surface area contributed by atoms with Gasteiger partial charge in [-0.3, -0.25) is 9.98 Å². The van der Waals surface area contributed by atoms with Crippen molar-refractivity contribution in [3.8, 4) is 0 Å². The van der Waals surface area contributed by atoms with E-state index in [2.05, 4.69) is 31.6 Å². The summed E-state index contributed by atoms with van der Waals surface area (Å²) in [4.78, 5) is 19.4. The molecule has 1 saturated heterocycles. The van der Waals surface area contributed by atoms with Crippen molar-refractivity contribution in [2.45, 2.75) is 25.4 Å². The quantitative estimate of drug-likeness (QED) is 0.770. The SMILES string of the molecule is C=N/C=C(/c1nccc(N2CCCCC2)n1)N1C=C(C(F)(F)F)N=CC1. The number of rotatable bonds is 4. The van der Waals surface area contributed by atoms with E-state index >= 15 is 0 Å². The van der Waals surface area contributed by atoms with Gasteiger partial charge in [0.1, 0.15) is 11.5 Å². The van der Waals surface area contributed by atoms with Gasteiger partial charge in [0.15, 0.2) is 11.5 Å². The van der Waals surface area contributed by atoms with Crippen LogP contribution in [0.1, 0.15) is 25.1 Å². The van der Waals surface area contributed by atoms with Crippen molar-refractivity contribution in [3.05, 3.63) is 36.2 Å². The van der Waals surface area contributed by atoms with Crippen molar-refractivity contribution in [2.75, 3.05) is 24.5 Å². The van der Waals surface area contributed by atoms with Crippen molar-refractivity contribution in [1.29, 1.82) is 0 Å². The summed E-state index contributed by atoms with van der Waals surface area (Å²) in [5, 5.41) is 0. The van der Waals surface area contributed by atoms with Crippen LogP contribution in [-0.4, -0.2) is 53.6 Å². The minimum atomic E-state index is -4.53. The van der Waals surface area contributed by atoms with E-state index in [-0.39, 0.29) is 6.54 Å². The highest BCUT2D eigenvalue weighted by molar-refractivity contribution is 5.70. The summed E-state index contributed by atoms with van der Waals surface area (Å²) in [5.41, 5.74) is -0.641. The number of anilines is 1. The highest BCUT2D eigenvalue weighted by Gasteiger charge is 2.35. The summed E-state index contributed by atoms with van der Waals surface area (Å²) in [6, 6.07) is 1.81. The van der Waals surface area contributed by atoms with E-state index in [0.29, 0.717) is 11.5 Å². The lowest BCUT2D eigenvalue weighted by Crippen LogP contribution is -2.31. The molecule has 0 aliphatic carbocycles. The monoisotopic (exact) mass is 364 g/mol. The summed E-state index contributed by atoms with van der Waals surface area (Å²) in [7, 11) is 0. The molecule has 9 heteroatoms. The van der Waals surface area contributed by atoms with Gasteiger partial charge in [-0.15, -0.1) is 0 Å². The zero-order chi connectivity index (χ0) is 18.6. The Kier molecular flexibility index (Phi) is 5.34. The normalized spacial score (nSPS) is 18.7. The van der Waals surface area contributed by atoms with E-state index < -0.39 is 11.9 Å². The van der Waals surface area contributed by atoms with Gasteiger partial charge in [0.25, 0.3) is 0 Å². The molecule has 26 heavy (non-hydrogen) atoms. The van der Waals surface area contributed by atoms with Crippen LogP contribution in [-0.2, 0) is 0 Å². The fraction of sp³-hybridized carbons (Fsp3) is 0.412. The molecule has 0 spiro atoms. The second kappa shape index (κ2) is 7.67. The number of aliphatic imine (C=N–C) groups is 2. The van der Waals surface area contributed by atoms with E-state index in [1.54, 1.807) is 6.20 Å². The van der Waals surface area contributed by atoms with Crippen molar-refractivity contribution >= 4 is 24.4 Å². The molecule has 1 fully saturated rings. The summed E-state index contributed by atoms with van der Waals surface area (Å²) < 4.78 is 38.9. The fourth-order valence-corrected chi connectivity index (χ4v) is 2.89. The third kappa shape index (κ3) is 4.09. The first-order valence-electron chi connectivity index (χ1n) is 8.31. The molecule has 3 heterocycles. The number of hydrogen-bond acceptors (Lipinski definition) is 6. The third-order valence-corrected chi connectivity index (χ3v) is 4.15. The molecule has 0 unspecified atom stereocenters. The lowest BCUT2D eigenvalue weighted by molar-refractivity contribution is -0.0934. The van der Waals surface area contributed by atoms with Gasteiger partial charge in [-0.05, 0) is 32.0 Å². The second-order valence-electron chi connectivity index (χ2n) is 5.96. The van der Waals surface area contributed by atoms with Crippen LogP contribution in [0.2, 0.25) is 0 Å². The van der Waals surface area contributed by atoms with E-state index in [4.69, 9.17) is 0 Å². The van der Waals surface area contributed by atoms with E-state index in [1.165, 1.54) is 23.7 Å². The van der Waals surface area contributed by atoms with Gasteiger partial charge in [-0.1, -0.05) is 0 Å². The van der Waals surface area contributed by atoms with Crippen molar-refractivity contribution in [1.82, 2.24) is 14.9 Å². The van der Waals surface area contributed by atoms with E-state index in [0.717, 1.165) is 37.9 Å². The Bertz CT molecular complexity index is 747. The van der Waals surface area contributed by atoms with Gasteiger partial charge in [0, 0.05) is 31.7 Å². The lowest BCUT2D eigenvalue weighted by Gasteiger charge is -2.29. The first-order valence-corrected chi connectivity index (χ1v) is 8.31. The molecule has 1 aromatic heterocycles. The smallest absolute Gasteiger partial charge is 0.357 e. The van der Waals surface area contributed by atoms with Crippen LogP contribution in [0.15, 0.2) is 40.3 Å². The Morgan fingerprint density at radius 2 is 2.00 bits per heavy atom. The van der Waals surface area contributed by atoms with Crippen molar-refractivity contribution < 1.29 is 13.2 Å². The van der Waals surface area contributed by atoms with Gasteiger partial charge in [0.05, 0.1) is 12.7 Å². The number of aromatic nitrogens is 2. The summed E-state index contributed by atoms with van der Waals surface area (Å²) in [6.07, 6.45) is 3.96. The highest BCUT2D eigenvalue weighted by atomic mass is 19.4. The highest BCUT2D eigenvalue weighted by Crippen LogP contribution is 2.30. The van der Waals surface area contributed by atoms with Crippen molar-refractivity contribution in [2.24, 2.45) is 9.98 Å². The van der Waals surface area contributed by atoms with Crippen LogP contribution < -0.4 is 4.90 Å². The summed E-state index contributed by atoms with van der Waals surface area (Å²) >= 11 is 0. The largest absolute Gasteiger partial charge is 0.434 e. The van der Waals surface area contributed by atoms with Gasteiger partial charge >= 0.3 is 6.18 Å². The van der Waals surface area contributed by atoms with E-state index in [9.17, 15) is 13.2 Å². The molecular formula is C17H19F3N6. The molecule has 2 aliphatic heterocycles. The van der Waals surface area contributed by atoms with Crippen LogP contribution in [0.3, 0.4) is 0 Å². The molecule has 0 N–H and O–H groups in total. The van der Waals surface area contributed by atoms with Gasteiger partial charge in [-0.2, -0.15) is 13.2 Å². The van der Waals surface area contributed by atoms with Gasteiger partial charge in [-0.25, -0.2) is 9.97 Å². The fourth-order valence-electron chi connectivity index (χ4n) is 2.89. The molecule has 6 nitrogen and oxygen atoms in total. The molecule has 0 saturated carbocycles. The molecule has 0 amide bonds. The third-order valence-electron chi connectivity index (χ3n) is 4.15. The molecule has 1 aromatic rings. The topological polar surface area (TPSA) is 57.0 Å². The molecule has 3 rings (SSSR count). The predicted octanol–water partition coefficient (Wildman–Crippen LogP) is 3.26. The maximum atomic E-state index is 13.0. The Morgan fingerprint density at radius 1 is 1.23 bits per heavy atom. The van der Waals surface area contributed by atoms with Crippen LogP contribution in [0.5, 0.6) is 0 Å². The first-order chi connectivity index (χ1) is 12.5. The maximum absolute atomic E-state index is 13.0. The Labute approximate surface area is 149 Å². The van der Waals surface area contributed by atoms with Crippen LogP contribution in [0.25, 0.3) is 5.70 Å². The molecule has 0 aromatic carbocycles. The summed E-state index contributed by atoms with van der Waals surface area (Å²) in [6.45, 7) is 5.38. The number of halogens is 3. The molecular weight excluding hydrogens is 345 g/mol. The Morgan fingerprint density at radius 3 is 2.69 bits per heavy atom. The zero-order valence-corrected chi connectivity index (χ0v) is 14.2. The minimum Gasteiger partial charge on any atom is -0.357 e. The van der Waals surface area contributed by atoms with Crippen molar-refractivity contribution in [3.63, 3.8) is 0 Å². The van der Waals surface area contributed by atoms with Crippen LogP contribution in [0.4, 0.5) is 19.0 Å². The minimum absolute atomic E-state index is 0.165. The lowest BCUT2D eigenvalue weighted by atomic mass is 10.1. The van der Waals surface area contributed by atoms with Crippen LogP contribution >= 0.6 is 0 Å². The average molecular weight is 364 g/mol. The van der Waals surface area contributed by atoms with Gasteiger partial charge < -0.3 is 9.80 Å². The molecule has 138 valence electrons. The number of nitrogens with zero attached hydrogens (tertiary/aromatic N) is 6. The summed E-state index contributed by atoms with van der Waals surface area (Å²) in [5.74, 6) is 1.06. The number of alkyl halides is 3. The van der Waals surface area contributed by atoms with E-state index in [1.807, 2.05) is 6.07 Å². The molecule has 2 aliphatic rings. The molecule has 0 atom stereocenters. The molecule has 0 radical (unpaired) electrons. The molecule has 0 bridgehead atoms. The first kappa shape index (κ1) is 18.1. The number of allylic oxidation sites excluding steroid dienone is 1. The zero-order valence-electron chi connectivity index (χ0n) is 14.2. The maximum Gasteiger partial charge on any atom is 0.434 e.